The van der Waals surface area contributed by atoms with Crippen LogP contribution < -0.4 is 10.5 Å². The fourth-order valence-electron chi connectivity index (χ4n) is 3.95. The summed E-state index contributed by atoms with van der Waals surface area (Å²) < 4.78 is 16.2. The van der Waals surface area contributed by atoms with Gasteiger partial charge in [-0.1, -0.05) is 0 Å². The van der Waals surface area contributed by atoms with Crippen LogP contribution in [-0.2, 0) is 11.3 Å². The fourth-order valence-corrected chi connectivity index (χ4v) is 3.95. The molecule has 0 atom stereocenters. The smallest absolute Gasteiger partial charge is 0.276 e. The van der Waals surface area contributed by atoms with E-state index in [4.69, 9.17) is 0 Å². The first-order valence-corrected chi connectivity index (χ1v) is 10.7. The normalized spacial score (nSPS) is 14.1. The summed E-state index contributed by atoms with van der Waals surface area (Å²) in [6, 6.07) is 9.41. The third-order valence-electron chi connectivity index (χ3n) is 5.78. The van der Waals surface area contributed by atoms with E-state index in [2.05, 4.69) is 20.0 Å². The number of halogens is 1. The zero-order valence-electron chi connectivity index (χ0n) is 17.8. The molecule has 0 N–H and O–H groups in total. The molecule has 0 aliphatic carbocycles. The number of aromatic nitrogens is 5. The standard InChI is InChI=1S/C23H22FN7O2/c24-18-4-2-17(3-5-18)19-16-20-22(33)29(14-15-31(20)27-19)9-6-21(32)28-10-12-30(13-11-28)23-25-7-1-8-26-23/h1-5,7-8,14-16H,6,9-13H2. The number of benzene rings is 1. The molecule has 0 spiro atoms. The number of aryl methyl sites for hydroxylation is 1. The maximum absolute atomic E-state index is 13.2. The molecule has 9 nitrogen and oxygen atoms in total. The highest BCUT2D eigenvalue weighted by Crippen LogP contribution is 2.19. The van der Waals surface area contributed by atoms with Crippen molar-refractivity contribution in [2.45, 2.75) is 13.0 Å². The van der Waals surface area contributed by atoms with Gasteiger partial charge in [0.2, 0.25) is 11.9 Å². The molecule has 0 bridgehead atoms. The Hall–Kier alpha value is -4.08. The van der Waals surface area contributed by atoms with Gasteiger partial charge < -0.3 is 14.4 Å². The van der Waals surface area contributed by atoms with Crippen molar-refractivity contribution in [2.75, 3.05) is 31.1 Å². The van der Waals surface area contributed by atoms with E-state index in [0.717, 1.165) is 5.56 Å². The lowest BCUT2D eigenvalue weighted by atomic mass is 10.1. The number of rotatable bonds is 5. The van der Waals surface area contributed by atoms with Gasteiger partial charge in [0.15, 0.2) is 0 Å². The third kappa shape index (κ3) is 4.32. The Bertz CT molecular complexity index is 1330. The Morgan fingerprint density at radius 1 is 1.00 bits per heavy atom. The third-order valence-corrected chi connectivity index (χ3v) is 5.78. The molecule has 0 radical (unpaired) electrons. The summed E-state index contributed by atoms with van der Waals surface area (Å²) in [5.41, 5.74) is 1.49. The first-order valence-electron chi connectivity index (χ1n) is 10.7. The molecule has 4 aromatic rings. The average Bonchev–Trinajstić information content (AvgIpc) is 3.30. The van der Waals surface area contributed by atoms with Crippen molar-refractivity contribution in [3.05, 3.63) is 77.4 Å². The van der Waals surface area contributed by atoms with E-state index in [1.807, 2.05) is 4.90 Å². The summed E-state index contributed by atoms with van der Waals surface area (Å²) in [5.74, 6) is 0.352. The summed E-state index contributed by atoms with van der Waals surface area (Å²) in [4.78, 5) is 38.0. The van der Waals surface area contributed by atoms with Crippen molar-refractivity contribution in [3.8, 4) is 11.3 Å². The molecule has 1 amide bonds. The van der Waals surface area contributed by atoms with Gasteiger partial charge in [0.05, 0.1) is 5.69 Å². The predicted octanol–water partition coefficient (Wildman–Crippen LogP) is 1.83. The predicted molar refractivity (Wildman–Crippen MR) is 120 cm³/mol. The van der Waals surface area contributed by atoms with E-state index in [1.54, 1.807) is 49.1 Å². The molecule has 168 valence electrons. The van der Waals surface area contributed by atoms with Crippen molar-refractivity contribution in [3.63, 3.8) is 0 Å². The Labute approximate surface area is 188 Å². The SMILES string of the molecule is O=C(CCn1ccn2nc(-c3ccc(F)cc3)cc2c1=O)N1CCN(c2ncccn2)CC1. The molecule has 1 aromatic carbocycles. The van der Waals surface area contributed by atoms with Crippen LogP contribution in [0, 0.1) is 5.82 Å². The first kappa shape index (κ1) is 20.8. The van der Waals surface area contributed by atoms with Crippen LogP contribution >= 0.6 is 0 Å². The largest absolute Gasteiger partial charge is 0.339 e. The van der Waals surface area contributed by atoms with E-state index >= 15 is 0 Å². The monoisotopic (exact) mass is 447 g/mol. The van der Waals surface area contributed by atoms with E-state index < -0.39 is 0 Å². The van der Waals surface area contributed by atoms with Crippen molar-refractivity contribution >= 4 is 17.4 Å². The number of nitrogens with zero attached hydrogens (tertiary/aromatic N) is 7. The van der Waals surface area contributed by atoms with Crippen LogP contribution in [0.5, 0.6) is 0 Å². The molecule has 5 rings (SSSR count). The topological polar surface area (TPSA) is 88.6 Å². The Morgan fingerprint density at radius 2 is 1.73 bits per heavy atom. The van der Waals surface area contributed by atoms with E-state index in [1.165, 1.54) is 21.2 Å². The Morgan fingerprint density at radius 3 is 2.45 bits per heavy atom. The second kappa shape index (κ2) is 8.81. The van der Waals surface area contributed by atoms with Crippen LogP contribution in [-0.4, -0.2) is 61.1 Å². The van der Waals surface area contributed by atoms with Crippen molar-refractivity contribution in [1.82, 2.24) is 29.0 Å². The molecular weight excluding hydrogens is 425 g/mol. The van der Waals surface area contributed by atoms with Crippen LogP contribution in [0.1, 0.15) is 6.42 Å². The van der Waals surface area contributed by atoms with Crippen LogP contribution in [0.3, 0.4) is 0 Å². The van der Waals surface area contributed by atoms with E-state index in [0.29, 0.717) is 43.3 Å². The number of hydrogen-bond donors (Lipinski definition) is 0. The van der Waals surface area contributed by atoms with Crippen LogP contribution in [0.25, 0.3) is 16.8 Å². The number of fused-ring (bicyclic) bond motifs is 1. The summed E-state index contributed by atoms with van der Waals surface area (Å²) in [5, 5.41) is 4.41. The molecule has 3 aromatic heterocycles. The zero-order chi connectivity index (χ0) is 22.8. The average molecular weight is 447 g/mol. The second-order valence-electron chi connectivity index (χ2n) is 7.83. The number of piperazine rings is 1. The maximum Gasteiger partial charge on any atom is 0.276 e. The van der Waals surface area contributed by atoms with Gasteiger partial charge in [0.25, 0.3) is 5.56 Å². The lowest BCUT2D eigenvalue weighted by Gasteiger charge is -2.34. The van der Waals surface area contributed by atoms with Gasteiger partial charge in [-0.2, -0.15) is 5.10 Å². The molecule has 1 fully saturated rings. The zero-order valence-corrected chi connectivity index (χ0v) is 17.8. The molecule has 1 aliphatic rings. The van der Waals surface area contributed by atoms with Crippen LogP contribution in [0.2, 0.25) is 0 Å². The van der Waals surface area contributed by atoms with Crippen LogP contribution in [0.15, 0.2) is 66.0 Å². The van der Waals surface area contributed by atoms with E-state index in [9.17, 15) is 14.0 Å². The van der Waals surface area contributed by atoms with Gasteiger partial charge in [-0.25, -0.2) is 18.9 Å². The molecule has 1 saturated heterocycles. The molecule has 0 saturated carbocycles. The Kier molecular flexibility index (Phi) is 5.55. The minimum Gasteiger partial charge on any atom is -0.339 e. The summed E-state index contributed by atoms with van der Waals surface area (Å²) in [6.07, 6.45) is 6.97. The number of amides is 1. The highest BCUT2D eigenvalue weighted by molar-refractivity contribution is 5.76. The molecule has 1 aliphatic heterocycles. The van der Waals surface area contributed by atoms with Gasteiger partial charge in [-0.15, -0.1) is 0 Å². The maximum atomic E-state index is 13.2. The fraction of sp³-hybridized carbons (Fsp3) is 0.261. The van der Waals surface area contributed by atoms with Crippen molar-refractivity contribution < 1.29 is 9.18 Å². The van der Waals surface area contributed by atoms with Gasteiger partial charge >= 0.3 is 0 Å². The number of anilines is 1. The summed E-state index contributed by atoms with van der Waals surface area (Å²) in [6.45, 7) is 2.81. The highest BCUT2D eigenvalue weighted by atomic mass is 19.1. The highest BCUT2D eigenvalue weighted by Gasteiger charge is 2.22. The number of hydrogen-bond acceptors (Lipinski definition) is 6. The summed E-state index contributed by atoms with van der Waals surface area (Å²) >= 11 is 0. The molecule has 10 heteroatoms. The van der Waals surface area contributed by atoms with Gasteiger partial charge in [0, 0.05) is 69.5 Å². The minimum absolute atomic E-state index is 0.0101. The van der Waals surface area contributed by atoms with Gasteiger partial charge in [-0.3, -0.25) is 9.59 Å². The number of carbonyl (C=O) groups excluding carboxylic acids is 1. The summed E-state index contributed by atoms with van der Waals surface area (Å²) in [7, 11) is 0. The van der Waals surface area contributed by atoms with Gasteiger partial charge in [0.1, 0.15) is 11.3 Å². The first-order chi connectivity index (χ1) is 16.1. The Balaban J connectivity index is 1.23. The van der Waals surface area contributed by atoms with Crippen molar-refractivity contribution in [2.24, 2.45) is 0 Å². The lowest BCUT2D eigenvalue weighted by Crippen LogP contribution is -2.49. The molecule has 4 heterocycles. The van der Waals surface area contributed by atoms with Crippen molar-refractivity contribution in [1.29, 1.82) is 0 Å². The lowest BCUT2D eigenvalue weighted by molar-refractivity contribution is -0.131. The number of carbonyl (C=O) groups is 1. The second-order valence-corrected chi connectivity index (χ2v) is 7.83. The quantitative estimate of drug-likeness (QED) is 0.464. The van der Waals surface area contributed by atoms with Crippen LogP contribution in [0.4, 0.5) is 10.3 Å². The molecule has 0 unspecified atom stereocenters. The van der Waals surface area contributed by atoms with E-state index in [-0.39, 0.29) is 30.2 Å². The van der Waals surface area contributed by atoms with Gasteiger partial charge in [-0.05, 0) is 36.4 Å². The molecule has 33 heavy (non-hydrogen) atoms. The minimum atomic E-state index is -0.329. The molecular formula is C23H22FN7O2.